The van der Waals surface area contributed by atoms with E-state index < -0.39 is 7.49 Å². The van der Waals surface area contributed by atoms with Crippen molar-refractivity contribution in [3.63, 3.8) is 0 Å². The lowest BCUT2D eigenvalue weighted by Crippen LogP contribution is -2.47. The largest absolute Gasteiger partial charge is 0.363 e. The zero-order valence-corrected chi connectivity index (χ0v) is 37.6. The zero-order chi connectivity index (χ0) is 43.3. The molecule has 7 atom stereocenters. The van der Waals surface area contributed by atoms with Crippen LogP contribution in [0.1, 0.15) is 78.5 Å². The maximum Gasteiger partial charge on any atom is 0.213 e. The Hall–Kier alpha value is -6.58. The van der Waals surface area contributed by atoms with Crippen molar-refractivity contribution >= 4 is 56.5 Å². The highest BCUT2D eigenvalue weighted by atomic mass is 31.2. The van der Waals surface area contributed by atoms with Crippen LogP contribution in [-0.2, 0) is 0 Å². The molecule has 0 radical (unpaired) electrons. The molecule has 66 heavy (non-hydrogen) atoms. The highest BCUT2D eigenvalue weighted by Crippen LogP contribution is 2.78. The summed E-state index contributed by atoms with van der Waals surface area (Å²) in [5.41, 5.74) is 16.0. The summed E-state index contributed by atoms with van der Waals surface area (Å²) in [6, 6.07) is 50.0. The first kappa shape index (κ1) is 37.6. The van der Waals surface area contributed by atoms with Crippen molar-refractivity contribution in [1.29, 1.82) is 0 Å². The van der Waals surface area contributed by atoms with Gasteiger partial charge in [0.05, 0.1) is 22.4 Å². The first-order valence-electron chi connectivity index (χ1n) is 24.2. The lowest BCUT2D eigenvalue weighted by atomic mass is 9.58. The third-order valence-electron chi connectivity index (χ3n) is 16.8. The first-order valence-corrected chi connectivity index (χ1v) is 26.0. The van der Waals surface area contributed by atoms with Gasteiger partial charge in [-0.3, -0.25) is 4.99 Å². The second kappa shape index (κ2) is 13.7. The van der Waals surface area contributed by atoms with E-state index >= 15 is 0 Å². The van der Waals surface area contributed by atoms with Crippen LogP contribution in [0, 0.1) is 5.41 Å². The Bertz CT molecular complexity index is 3640. The van der Waals surface area contributed by atoms with E-state index in [-0.39, 0.29) is 29.1 Å². The van der Waals surface area contributed by atoms with E-state index in [1.165, 1.54) is 88.3 Å². The molecule has 4 nitrogen and oxygen atoms in total. The molecule has 6 aromatic carbocycles. The SMILES string of the molecule is O[P+](C1=CCCC=C1)(c1ccccc1)C1C=CC(C2=NC(C34CC3c3cc5ccccc5cc3C3c5c(n6c7ccccc7c7cccc5c76)-c5ccccc5C34)NC3=C2CCC=C3)=CC1. The molecule has 1 fully saturated rings. The van der Waals surface area contributed by atoms with E-state index in [0.29, 0.717) is 5.92 Å². The van der Waals surface area contributed by atoms with Gasteiger partial charge in [0, 0.05) is 56.7 Å². The van der Waals surface area contributed by atoms with E-state index in [9.17, 15) is 4.89 Å². The van der Waals surface area contributed by atoms with Crippen molar-refractivity contribution in [3.05, 3.63) is 226 Å². The Balaban J connectivity index is 0.919. The molecule has 318 valence electrons. The summed E-state index contributed by atoms with van der Waals surface area (Å²) >= 11 is 0. The molecule has 1 aliphatic heterocycles. The Morgan fingerprint density at radius 2 is 1.47 bits per heavy atom. The number of allylic oxidation sites excluding steroid dienone is 11. The Labute approximate surface area is 385 Å². The molecule has 1 saturated carbocycles. The van der Waals surface area contributed by atoms with Crippen molar-refractivity contribution in [1.82, 2.24) is 9.72 Å². The molecular formula is C61H49N3OP+. The maximum absolute atomic E-state index is 13.0. The van der Waals surface area contributed by atoms with Gasteiger partial charge in [-0.1, -0.05) is 140 Å². The fraction of sp³-hybridized carbons (Fsp3) is 0.197. The Morgan fingerprint density at radius 1 is 0.697 bits per heavy atom. The van der Waals surface area contributed by atoms with Crippen LogP contribution in [0.2, 0.25) is 0 Å². The number of nitrogens with zero attached hydrogens (tertiary/aromatic N) is 2. The lowest BCUT2D eigenvalue weighted by Gasteiger charge is -2.47. The highest BCUT2D eigenvalue weighted by Gasteiger charge is 2.71. The number of aliphatic imine (C=N–C) groups is 1. The summed E-state index contributed by atoms with van der Waals surface area (Å²) in [6.07, 6.45) is 24.2. The normalized spacial score (nSPS) is 26.7. The summed E-state index contributed by atoms with van der Waals surface area (Å²) in [7, 11) is -2.70. The molecule has 0 saturated heterocycles. The van der Waals surface area contributed by atoms with Gasteiger partial charge in [0.1, 0.15) is 22.4 Å². The van der Waals surface area contributed by atoms with E-state index in [1.807, 2.05) is 0 Å². The molecule has 3 heterocycles. The van der Waals surface area contributed by atoms with Gasteiger partial charge >= 0.3 is 0 Å². The number of para-hydroxylation sites is 2. The summed E-state index contributed by atoms with van der Waals surface area (Å²) in [5.74, 6) is 0.704. The van der Waals surface area contributed by atoms with E-state index in [1.54, 1.807) is 0 Å². The van der Waals surface area contributed by atoms with Crippen LogP contribution in [0.4, 0.5) is 0 Å². The van der Waals surface area contributed by atoms with Crippen LogP contribution < -0.4 is 10.6 Å². The fourth-order valence-electron chi connectivity index (χ4n) is 14.0. The van der Waals surface area contributed by atoms with Gasteiger partial charge in [-0.15, -0.1) is 0 Å². The molecule has 2 aromatic heterocycles. The molecule has 7 unspecified atom stereocenters. The van der Waals surface area contributed by atoms with E-state index in [0.717, 1.165) is 54.9 Å². The third kappa shape index (κ3) is 4.94. The number of hydrogen-bond donors (Lipinski definition) is 2. The first-order chi connectivity index (χ1) is 32.6. The lowest BCUT2D eigenvalue weighted by molar-refractivity contribution is 0.256. The van der Waals surface area contributed by atoms with Crippen LogP contribution in [0.5, 0.6) is 0 Å². The molecular weight excluding hydrogens is 822 g/mol. The topological polar surface area (TPSA) is 49.0 Å². The number of benzene rings is 6. The van der Waals surface area contributed by atoms with Crippen LogP contribution in [-0.4, -0.2) is 26.8 Å². The number of fused-ring (bicyclic) bond motifs is 17. The number of nitrogens with one attached hydrogen (secondary N) is 1. The van der Waals surface area contributed by atoms with Crippen molar-refractivity contribution in [2.75, 3.05) is 0 Å². The second-order valence-corrected chi connectivity index (χ2v) is 22.9. The van der Waals surface area contributed by atoms with Crippen LogP contribution in [0.25, 0.3) is 49.2 Å². The molecule has 15 rings (SSSR count). The van der Waals surface area contributed by atoms with Crippen LogP contribution in [0.15, 0.2) is 209 Å². The van der Waals surface area contributed by atoms with Crippen molar-refractivity contribution in [3.8, 4) is 11.3 Å². The summed E-state index contributed by atoms with van der Waals surface area (Å²) in [4.78, 5) is 19.0. The zero-order valence-electron chi connectivity index (χ0n) is 36.7. The monoisotopic (exact) mass is 870 g/mol. The van der Waals surface area contributed by atoms with Gasteiger partial charge in [0.15, 0.2) is 0 Å². The van der Waals surface area contributed by atoms with E-state index in [4.69, 9.17) is 4.99 Å². The van der Waals surface area contributed by atoms with Crippen molar-refractivity contribution < 1.29 is 4.89 Å². The molecule has 7 aliphatic rings. The smallest absolute Gasteiger partial charge is 0.213 e. The Kier molecular flexibility index (Phi) is 7.83. The van der Waals surface area contributed by atoms with Gasteiger partial charge in [-0.05, 0) is 119 Å². The third-order valence-corrected chi connectivity index (χ3v) is 20.4. The summed E-state index contributed by atoms with van der Waals surface area (Å²) in [5, 5.41) is 13.0. The van der Waals surface area contributed by atoms with Gasteiger partial charge < -0.3 is 9.72 Å². The minimum Gasteiger partial charge on any atom is -0.363 e. The van der Waals surface area contributed by atoms with E-state index in [2.05, 4.69) is 192 Å². The van der Waals surface area contributed by atoms with Gasteiger partial charge in [-0.25, -0.2) is 4.89 Å². The number of rotatable bonds is 5. The van der Waals surface area contributed by atoms with Crippen molar-refractivity contribution in [2.24, 2.45) is 10.4 Å². The van der Waals surface area contributed by atoms with Crippen molar-refractivity contribution in [2.45, 2.75) is 68.1 Å². The standard InChI is InChI=1S/C61H49N3OP/c65-66(40-18-3-1-4-19-40,41-20-5-2-6-21-41)42-32-30-37(31-33-42)57-47-25-11-13-28-52(47)62-60(63-57)61-36-51(61)49-34-38-16-7-8-17-39(38)35-50(49)54-55-48-27-15-26-45-43-22-12-14-29-53(43)64(58(45)48)59(55)46-24-10-9-23-44(46)56(54)61/h1,3-5,7-10,12-24,26-32,34-35,42,51,54,56,60,62,65H,2,6,11,25,33,36H2/q+1. The van der Waals surface area contributed by atoms with Gasteiger partial charge in [-0.2, -0.15) is 0 Å². The number of aromatic nitrogens is 1. The second-order valence-electron chi connectivity index (χ2n) is 19.9. The minimum absolute atomic E-state index is 0.00156. The highest BCUT2D eigenvalue weighted by molar-refractivity contribution is 7.82. The average Bonchev–Trinajstić information content (AvgIpc) is 3.94. The predicted octanol–water partition coefficient (Wildman–Crippen LogP) is 13.9. The quantitative estimate of drug-likeness (QED) is 0.169. The summed E-state index contributed by atoms with van der Waals surface area (Å²) in [6.45, 7) is 0. The average molecular weight is 871 g/mol. The fourth-order valence-corrected chi connectivity index (χ4v) is 17.1. The minimum atomic E-state index is -2.70. The molecule has 0 amide bonds. The van der Waals surface area contributed by atoms with Crippen LogP contribution in [0.3, 0.4) is 0 Å². The van der Waals surface area contributed by atoms with Gasteiger partial charge in [0.2, 0.25) is 7.49 Å². The van der Waals surface area contributed by atoms with Crippen LogP contribution >= 0.6 is 7.49 Å². The molecule has 0 bridgehead atoms. The molecule has 6 aliphatic carbocycles. The molecule has 2 N–H and O–H groups in total. The predicted molar refractivity (Wildman–Crippen MR) is 274 cm³/mol. The molecule has 0 spiro atoms. The molecule has 8 aromatic rings. The summed E-state index contributed by atoms with van der Waals surface area (Å²) < 4.78 is 2.62. The molecule has 5 heteroatoms. The van der Waals surface area contributed by atoms with Gasteiger partial charge in [0.25, 0.3) is 0 Å². The number of hydrogen-bond acceptors (Lipinski definition) is 3. The Morgan fingerprint density at radius 3 is 2.32 bits per heavy atom. The maximum atomic E-state index is 13.0.